The molecule has 0 aliphatic carbocycles. The van der Waals surface area contributed by atoms with Crippen molar-refractivity contribution in [1.29, 1.82) is 0 Å². The quantitative estimate of drug-likeness (QED) is 0.905. The first kappa shape index (κ1) is 15.6. The van der Waals surface area contributed by atoms with Gasteiger partial charge in [-0.25, -0.2) is 0 Å². The molecule has 0 saturated heterocycles. The normalized spacial score (nSPS) is 12.3. The number of aliphatic hydroxyl groups excluding tert-OH is 1. The molecule has 0 fully saturated rings. The second-order valence-corrected chi connectivity index (χ2v) is 5.84. The molecule has 0 spiro atoms. The van der Waals surface area contributed by atoms with Crippen molar-refractivity contribution in [3.05, 3.63) is 63.7 Å². The fraction of sp³-hybridized carbons (Fsp3) is 0.368. The third kappa shape index (κ3) is 3.45. The van der Waals surface area contributed by atoms with Crippen molar-refractivity contribution in [2.75, 3.05) is 6.61 Å². The smallest absolute Gasteiger partial charge is 0.125 e. The summed E-state index contributed by atoms with van der Waals surface area (Å²) in [5, 5.41) is 10.4. The Morgan fingerprint density at radius 3 is 2.24 bits per heavy atom. The third-order valence-electron chi connectivity index (χ3n) is 4.04. The number of aliphatic hydroxyl groups is 1. The number of aryl methyl sites for hydroxylation is 4. The first-order valence-corrected chi connectivity index (χ1v) is 7.35. The van der Waals surface area contributed by atoms with Crippen LogP contribution < -0.4 is 4.74 Å². The van der Waals surface area contributed by atoms with Gasteiger partial charge >= 0.3 is 0 Å². The van der Waals surface area contributed by atoms with E-state index in [1.807, 2.05) is 26.0 Å². The Morgan fingerprint density at radius 2 is 1.57 bits per heavy atom. The van der Waals surface area contributed by atoms with Gasteiger partial charge in [0.15, 0.2) is 0 Å². The van der Waals surface area contributed by atoms with Crippen LogP contribution in [-0.4, -0.2) is 11.7 Å². The van der Waals surface area contributed by atoms with Gasteiger partial charge in [0, 0.05) is 0 Å². The Labute approximate surface area is 127 Å². The van der Waals surface area contributed by atoms with E-state index in [2.05, 4.69) is 39.0 Å². The SMILES string of the molecule is Cc1ccc(C(O)COc2c(C)ccc(C)c2C)c(C)c1. The Morgan fingerprint density at radius 1 is 0.905 bits per heavy atom. The molecule has 1 N–H and O–H groups in total. The van der Waals surface area contributed by atoms with Gasteiger partial charge in [-0.2, -0.15) is 0 Å². The van der Waals surface area contributed by atoms with E-state index < -0.39 is 6.10 Å². The van der Waals surface area contributed by atoms with E-state index in [9.17, 15) is 5.11 Å². The molecule has 1 unspecified atom stereocenters. The lowest BCUT2D eigenvalue weighted by atomic mass is 10.0. The molecule has 0 heterocycles. The van der Waals surface area contributed by atoms with Crippen LogP contribution in [0.4, 0.5) is 0 Å². The monoisotopic (exact) mass is 284 g/mol. The first-order chi connectivity index (χ1) is 9.90. The van der Waals surface area contributed by atoms with E-state index in [4.69, 9.17) is 4.74 Å². The van der Waals surface area contributed by atoms with E-state index in [1.165, 1.54) is 11.1 Å². The Hall–Kier alpha value is -1.80. The Balaban J connectivity index is 2.15. The fourth-order valence-corrected chi connectivity index (χ4v) is 2.60. The average Bonchev–Trinajstić information content (AvgIpc) is 2.43. The van der Waals surface area contributed by atoms with Crippen LogP contribution in [-0.2, 0) is 0 Å². The number of hydrogen-bond acceptors (Lipinski definition) is 2. The van der Waals surface area contributed by atoms with Gasteiger partial charge in [0.2, 0.25) is 0 Å². The average molecular weight is 284 g/mol. The minimum absolute atomic E-state index is 0.273. The van der Waals surface area contributed by atoms with Crippen LogP contribution in [0.25, 0.3) is 0 Å². The van der Waals surface area contributed by atoms with Crippen LogP contribution in [0.5, 0.6) is 5.75 Å². The molecule has 0 saturated carbocycles. The van der Waals surface area contributed by atoms with E-state index in [0.717, 1.165) is 28.0 Å². The van der Waals surface area contributed by atoms with E-state index in [0.29, 0.717) is 0 Å². The minimum atomic E-state index is -0.607. The van der Waals surface area contributed by atoms with Crippen LogP contribution in [0.15, 0.2) is 30.3 Å². The van der Waals surface area contributed by atoms with Gasteiger partial charge in [-0.15, -0.1) is 0 Å². The van der Waals surface area contributed by atoms with Gasteiger partial charge in [-0.1, -0.05) is 35.9 Å². The minimum Gasteiger partial charge on any atom is -0.490 e. The summed E-state index contributed by atoms with van der Waals surface area (Å²) >= 11 is 0. The standard InChI is InChI=1S/C19H24O2/c1-12-6-9-17(15(4)10-12)18(20)11-21-19-14(3)8-7-13(2)16(19)5/h6-10,18,20H,11H2,1-5H3. The summed E-state index contributed by atoms with van der Waals surface area (Å²) in [6, 6.07) is 10.2. The van der Waals surface area contributed by atoms with Crippen LogP contribution in [0.3, 0.4) is 0 Å². The Bertz CT molecular complexity index is 644. The number of hydrogen-bond donors (Lipinski definition) is 1. The molecule has 0 radical (unpaired) electrons. The molecule has 1 atom stereocenters. The second-order valence-electron chi connectivity index (χ2n) is 5.84. The van der Waals surface area contributed by atoms with E-state index >= 15 is 0 Å². The zero-order chi connectivity index (χ0) is 15.6. The highest BCUT2D eigenvalue weighted by molar-refractivity contribution is 5.44. The zero-order valence-corrected chi connectivity index (χ0v) is 13.5. The lowest BCUT2D eigenvalue weighted by Crippen LogP contribution is -2.12. The highest BCUT2D eigenvalue weighted by Crippen LogP contribution is 2.27. The van der Waals surface area contributed by atoms with Gasteiger partial charge < -0.3 is 9.84 Å². The molecule has 0 aromatic heterocycles. The molecule has 2 aromatic carbocycles. The van der Waals surface area contributed by atoms with Crippen LogP contribution in [0, 0.1) is 34.6 Å². The van der Waals surface area contributed by atoms with E-state index in [-0.39, 0.29) is 6.61 Å². The number of rotatable bonds is 4. The lowest BCUT2D eigenvalue weighted by molar-refractivity contribution is 0.107. The van der Waals surface area contributed by atoms with Crippen molar-refractivity contribution in [3.63, 3.8) is 0 Å². The Kier molecular flexibility index (Phi) is 4.69. The van der Waals surface area contributed by atoms with Gasteiger partial charge in [0.05, 0.1) is 0 Å². The summed E-state index contributed by atoms with van der Waals surface area (Å²) in [6.45, 7) is 10.5. The van der Waals surface area contributed by atoms with Crippen molar-refractivity contribution >= 4 is 0 Å². The summed E-state index contributed by atoms with van der Waals surface area (Å²) < 4.78 is 5.90. The molecule has 21 heavy (non-hydrogen) atoms. The highest BCUT2D eigenvalue weighted by atomic mass is 16.5. The van der Waals surface area contributed by atoms with Crippen molar-refractivity contribution in [1.82, 2.24) is 0 Å². The van der Waals surface area contributed by atoms with Crippen molar-refractivity contribution in [2.24, 2.45) is 0 Å². The van der Waals surface area contributed by atoms with E-state index in [1.54, 1.807) is 0 Å². The fourth-order valence-electron chi connectivity index (χ4n) is 2.60. The van der Waals surface area contributed by atoms with Crippen molar-refractivity contribution in [3.8, 4) is 5.75 Å². The molecule has 0 aliphatic rings. The lowest BCUT2D eigenvalue weighted by Gasteiger charge is -2.18. The maximum absolute atomic E-state index is 10.4. The largest absolute Gasteiger partial charge is 0.490 e. The zero-order valence-electron chi connectivity index (χ0n) is 13.5. The molecule has 2 heteroatoms. The molecule has 0 amide bonds. The summed E-state index contributed by atoms with van der Waals surface area (Å²) in [7, 11) is 0. The molecule has 0 bridgehead atoms. The van der Waals surface area contributed by atoms with Gasteiger partial charge in [-0.3, -0.25) is 0 Å². The molecule has 2 aromatic rings. The third-order valence-corrected chi connectivity index (χ3v) is 4.04. The first-order valence-electron chi connectivity index (χ1n) is 7.35. The highest BCUT2D eigenvalue weighted by Gasteiger charge is 2.13. The second kappa shape index (κ2) is 6.31. The summed E-state index contributed by atoms with van der Waals surface area (Å²) in [5.74, 6) is 0.888. The molecular weight excluding hydrogens is 260 g/mol. The van der Waals surface area contributed by atoms with Crippen molar-refractivity contribution in [2.45, 2.75) is 40.7 Å². The molecule has 2 nitrogen and oxygen atoms in total. The topological polar surface area (TPSA) is 29.5 Å². The number of benzene rings is 2. The van der Waals surface area contributed by atoms with Gasteiger partial charge in [-0.05, 0) is 62.4 Å². The molecule has 0 aliphatic heterocycles. The predicted molar refractivity (Wildman–Crippen MR) is 87.0 cm³/mol. The maximum Gasteiger partial charge on any atom is 0.125 e. The van der Waals surface area contributed by atoms with Gasteiger partial charge in [0.1, 0.15) is 18.5 Å². The predicted octanol–water partition coefficient (Wildman–Crippen LogP) is 4.34. The number of ether oxygens (including phenoxy) is 1. The summed E-state index contributed by atoms with van der Waals surface area (Å²) in [5.41, 5.74) is 6.69. The van der Waals surface area contributed by atoms with Crippen molar-refractivity contribution < 1.29 is 9.84 Å². The molecule has 112 valence electrons. The van der Waals surface area contributed by atoms with Gasteiger partial charge in [0.25, 0.3) is 0 Å². The van der Waals surface area contributed by atoms with Crippen LogP contribution >= 0.6 is 0 Å². The van der Waals surface area contributed by atoms with Crippen LogP contribution in [0.2, 0.25) is 0 Å². The maximum atomic E-state index is 10.4. The van der Waals surface area contributed by atoms with Crippen LogP contribution in [0.1, 0.15) is 39.5 Å². The summed E-state index contributed by atoms with van der Waals surface area (Å²) in [6.07, 6.45) is -0.607. The molecule has 2 rings (SSSR count). The summed E-state index contributed by atoms with van der Waals surface area (Å²) in [4.78, 5) is 0. The molecular formula is C19H24O2.